The zero-order chi connectivity index (χ0) is 22.9. The molecular formula is C23H25N3O4S2. The maximum absolute atomic E-state index is 12.7. The molecule has 0 amide bonds. The van der Waals surface area contributed by atoms with Crippen molar-refractivity contribution in [3.8, 4) is 5.75 Å². The van der Waals surface area contributed by atoms with E-state index in [0.29, 0.717) is 18.9 Å². The maximum atomic E-state index is 12.7. The van der Waals surface area contributed by atoms with Crippen LogP contribution in [0.2, 0.25) is 0 Å². The van der Waals surface area contributed by atoms with Crippen LogP contribution < -0.4 is 10.3 Å². The molecule has 0 radical (unpaired) electrons. The summed E-state index contributed by atoms with van der Waals surface area (Å²) in [5, 5.41) is 2.84. The fourth-order valence-corrected chi connectivity index (χ4v) is 4.66. The topological polar surface area (TPSA) is 81.5 Å². The van der Waals surface area contributed by atoms with E-state index in [4.69, 9.17) is 4.74 Å². The summed E-state index contributed by atoms with van der Waals surface area (Å²) >= 11 is 1.54. The second kappa shape index (κ2) is 9.01. The van der Waals surface area contributed by atoms with E-state index in [1.54, 1.807) is 23.9 Å². The number of ether oxygens (including phenoxy) is 1. The summed E-state index contributed by atoms with van der Waals surface area (Å²) in [5.41, 5.74) is 4.89. The zero-order valence-corrected chi connectivity index (χ0v) is 19.9. The van der Waals surface area contributed by atoms with Crippen LogP contribution in [0.15, 0.2) is 46.7 Å². The van der Waals surface area contributed by atoms with Crippen molar-refractivity contribution in [3.05, 3.63) is 79.7 Å². The smallest absolute Gasteiger partial charge is 0.258 e. The van der Waals surface area contributed by atoms with E-state index < -0.39 is 10.0 Å². The van der Waals surface area contributed by atoms with Gasteiger partial charge in [0, 0.05) is 42.6 Å². The molecule has 32 heavy (non-hydrogen) atoms. The fourth-order valence-electron chi connectivity index (χ4n) is 3.60. The number of thiazole rings is 1. The van der Waals surface area contributed by atoms with Gasteiger partial charge in [-0.05, 0) is 48.6 Å². The average molecular weight is 472 g/mol. The van der Waals surface area contributed by atoms with Crippen molar-refractivity contribution < 1.29 is 13.2 Å². The molecule has 0 bridgehead atoms. The number of aryl methyl sites for hydroxylation is 2. The Morgan fingerprint density at radius 2 is 2.03 bits per heavy atom. The lowest BCUT2D eigenvalue weighted by Crippen LogP contribution is -2.25. The van der Waals surface area contributed by atoms with Gasteiger partial charge >= 0.3 is 0 Å². The molecule has 9 heteroatoms. The molecule has 0 fully saturated rings. The molecule has 7 nitrogen and oxygen atoms in total. The summed E-state index contributed by atoms with van der Waals surface area (Å²) in [4.78, 5) is 17.1. The number of fused-ring (bicyclic) bond motifs is 1. The monoisotopic (exact) mass is 471 g/mol. The maximum Gasteiger partial charge on any atom is 0.258 e. The Labute approximate surface area is 191 Å². The molecule has 4 rings (SSSR count). The molecule has 2 heterocycles. The molecule has 0 aliphatic heterocycles. The second-order valence-corrected chi connectivity index (χ2v) is 11.0. The highest BCUT2D eigenvalue weighted by molar-refractivity contribution is 7.88. The molecule has 2 aromatic heterocycles. The van der Waals surface area contributed by atoms with Crippen molar-refractivity contribution >= 4 is 33.1 Å². The van der Waals surface area contributed by atoms with E-state index >= 15 is 0 Å². The minimum absolute atomic E-state index is 0.140. The number of hydrogen-bond donors (Lipinski definition) is 0. The molecule has 1 aromatic carbocycles. The van der Waals surface area contributed by atoms with E-state index in [1.807, 2.05) is 36.6 Å². The first-order chi connectivity index (χ1) is 15.2. The van der Waals surface area contributed by atoms with Crippen LogP contribution in [0.5, 0.6) is 5.75 Å². The number of allylic oxidation sites excluding steroid dienone is 1. The number of nitrogens with zero attached hydrogens (tertiary/aromatic N) is 3. The Balaban J connectivity index is 1.49. The Morgan fingerprint density at radius 1 is 1.22 bits per heavy atom. The van der Waals surface area contributed by atoms with Gasteiger partial charge in [-0.2, -0.15) is 0 Å². The Morgan fingerprint density at radius 3 is 2.72 bits per heavy atom. The minimum atomic E-state index is -3.22. The van der Waals surface area contributed by atoms with Crippen LogP contribution in [0.4, 0.5) is 0 Å². The Kier molecular flexibility index (Phi) is 6.32. The van der Waals surface area contributed by atoms with Crippen molar-refractivity contribution in [2.24, 2.45) is 0 Å². The van der Waals surface area contributed by atoms with E-state index in [2.05, 4.69) is 4.98 Å². The lowest BCUT2D eigenvalue weighted by Gasteiger charge is -2.20. The van der Waals surface area contributed by atoms with Crippen molar-refractivity contribution in [2.75, 3.05) is 13.3 Å². The lowest BCUT2D eigenvalue weighted by molar-refractivity contribution is 0.304. The van der Waals surface area contributed by atoms with Gasteiger partial charge in [0.2, 0.25) is 10.0 Å². The van der Waals surface area contributed by atoms with Crippen LogP contribution in [-0.2, 0) is 29.6 Å². The van der Waals surface area contributed by atoms with Gasteiger partial charge < -0.3 is 4.74 Å². The van der Waals surface area contributed by atoms with Crippen LogP contribution in [0.1, 0.15) is 33.8 Å². The summed E-state index contributed by atoms with van der Waals surface area (Å²) in [6, 6.07) is 9.26. The van der Waals surface area contributed by atoms with Crippen LogP contribution >= 0.6 is 11.3 Å². The summed E-state index contributed by atoms with van der Waals surface area (Å²) in [5.74, 6) is 0.524. The van der Waals surface area contributed by atoms with Crippen LogP contribution in [0.25, 0.3) is 11.8 Å². The van der Waals surface area contributed by atoms with Crippen molar-refractivity contribution in [1.82, 2.24) is 13.9 Å². The number of aromatic nitrogens is 2. The predicted molar refractivity (Wildman–Crippen MR) is 127 cm³/mol. The standard InChI is InChI=1S/C23H25N3O4S2/c1-16-15-31-22(24-16)14-30-21-8-9-26(23(27)12-21)20-7-6-18-10-17(4-5-19(18)11-20)13-25(2)32(3,28)29/h4-5,8-12,15H,6-7,13-14H2,1-3H3. The summed E-state index contributed by atoms with van der Waals surface area (Å²) < 4.78 is 32.0. The highest BCUT2D eigenvalue weighted by Crippen LogP contribution is 2.27. The largest absolute Gasteiger partial charge is 0.486 e. The van der Waals surface area contributed by atoms with Gasteiger partial charge in [-0.3, -0.25) is 9.36 Å². The van der Waals surface area contributed by atoms with Gasteiger partial charge in [-0.15, -0.1) is 11.3 Å². The van der Waals surface area contributed by atoms with Crippen molar-refractivity contribution in [2.45, 2.75) is 32.9 Å². The Bertz CT molecular complexity index is 1340. The second-order valence-electron chi connectivity index (χ2n) is 7.93. The van der Waals surface area contributed by atoms with Crippen LogP contribution in [-0.4, -0.2) is 35.6 Å². The first-order valence-electron chi connectivity index (χ1n) is 10.2. The third kappa shape index (κ3) is 5.17. The normalized spacial score (nSPS) is 13.7. The summed E-state index contributed by atoms with van der Waals surface area (Å²) in [7, 11) is -1.65. The van der Waals surface area contributed by atoms with E-state index in [-0.39, 0.29) is 5.56 Å². The number of benzene rings is 1. The van der Waals surface area contributed by atoms with Gasteiger partial charge in [0.25, 0.3) is 5.56 Å². The van der Waals surface area contributed by atoms with Crippen molar-refractivity contribution in [1.29, 1.82) is 0 Å². The quantitative estimate of drug-likeness (QED) is 0.527. The zero-order valence-electron chi connectivity index (χ0n) is 18.2. The number of hydrogen-bond acceptors (Lipinski definition) is 6. The molecule has 0 unspecified atom stereocenters. The molecule has 1 aliphatic rings. The summed E-state index contributed by atoms with van der Waals surface area (Å²) in [6.45, 7) is 2.62. The molecule has 3 aromatic rings. The molecule has 1 aliphatic carbocycles. The lowest BCUT2D eigenvalue weighted by atomic mass is 9.93. The van der Waals surface area contributed by atoms with Gasteiger partial charge in [0.05, 0.1) is 6.26 Å². The van der Waals surface area contributed by atoms with Crippen LogP contribution in [0, 0.1) is 6.92 Å². The predicted octanol–water partition coefficient (Wildman–Crippen LogP) is 3.53. The van der Waals surface area contributed by atoms with Gasteiger partial charge in [0.15, 0.2) is 0 Å². The van der Waals surface area contributed by atoms with Crippen LogP contribution in [0.3, 0.4) is 0 Å². The molecule has 0 saturated carbocycles. The molecule has 0 N–H and O–H groups in total. The number of rotatable bonds is 7. The molecule has 0 atom stereocenters. The van der Waals surface area contributed by atoms with Gasteiger partial charge in [-0.25, -0.2) is 17.7 Å². The third-order valence-corrected chi connectivity index (χ3v) is 7.58. The molecular weight excluding hydrogens is 446 g/mol. The van der Waals surface area contributed by atoms with E-state index in [9.17, 15) is 13.2 Å². The average Bonchev–Trinajstić information content (AvgIpc) is 3.16. The highest BCUT2D eigenvalue weighted by atomic mass is 32.2. The van der Waals surface area contributed by atoms with E-state index in [1.165, 1.54) is 28.0 Å². The van der Waals surface area contributed by atoms with Crippen molar-refractivity contribution in [3.63, 3.8) is 0 Å². The van der Waals surface area contributed by atoms with Gasteiger partial charge in [-0.1, -0.05) is 18.2 Å². The molecule has 0 saturated heterocycles. The highest BCUT2D eigenvalue weighted by Gasteiger charge is 2.16. The first kappa shape index (κ1) is 22.4. The van der Waals surface area contributed by atoms with E-state index in [0.717, 1.165) is 45.9 Å². The fraction of sp³-hybridized carbons (Fsp3) is 0.304. The molecule has 0 spiro atoms. The third-order valence-electron chi connectivity index (χ3n) is 5.38. The minimum Gasteiger partial charge on any atom is -0.486 e. The van der Waals surface area contributed by atoms with Gasteiger partial charge in [0.1, 0.15) is 17.4 Å². The molecule has 168 valence electrons. The SMILES string of the molecule is Cc1csc(COc2ccn(C3=Cc4ccc(CN(C)S(C)(=O)=O)cc4CC3)c(=O)c2)n1. The number of pyridine rings is 1. The number of sulfonamides is 1. The Hall–Kier alpha value is -2.75. The first-order valence-corrected chi connectivity index (χ1v) is 12.9. The summed E-state index contributed by atoms with van der Waals surface area (Å²) in [6.07, 6.45) is 6.47.